The number of rotatable bonds is 3. The molecule has 7 nitrogen and oxygen atoms in total. The fourth-order valence-corrected chi connectivity index (χ4v) is 3.17. The smallest absolute Gasteiger partial charge is 0.269 e. The molecule has 0 atom stereocenters. The third-order valence-corrected chi connectivity index (χ3v) is 4.17. The molecule has 1 N–H and O–H groups in total. The van der Waals surface area contributed by atoms with Crippen molar-refractivity contribution in [1.82, 2.24) is 4.57 Å². The number of halogens is 1. The van der Waals surface area contributed by atoms with E-state index >= 15 is 0 Å². The van der Waals surface area contributed by atoms with E-state index in [1.165, 1.54) is 24.3 Å². The van der Waals surface area contributed by atoms with Gasteiger partial charge in [0.15, 0.2) is 5.69 Å². The van der Waals surface area contributed by atoms with Gasteiger partial charge in [0.25, 0.3) is 5.69 Å². The van der Waals surface area contributed by atoms with E-state index in [0.29, 0.717) is 11.4 Å². The van der Waals surface area contributed by atoms with E-state index in [9.17, 15) is 15.2 Å². The van der Waals surface area contributed by atoms with Crippen LogP contribution < -0.4 is 0 Å². The van der Waals surface area contributed by atoms with Gasteiger partial charge in [0.1, 0.15) is 0 Å². The lowest BCUT2D eigenvalue weighted by Crippen LogP contribution is -1.88. The summed E-state index contributed by atoms with van der Waals surface area (Å²) in [5.74, 6) is 0.0110. The van der Waals surface area contributed by atoms with Gasteiger partial charge >= 0.3 is 0 Å². The number of aryl methyl sites for hydroxylation is 2. The number of benzene rings is 2. The number of nitro groups is 1. The minimum atomic E-state index is -0.474. The third-order valence-electron chi connectivity index (χ3n) is 3.71. The molecule has 3 aromatic rings. The third kappa shape index (κ3) is 2.76. The zero-order valence-corrected chi connectivity index (χ0v) is 14.5. The summed E-state index contributed by atoms with van der Waals surface area (Å²) >= 11 is 3.44. The van der Waals surface area contributed by atoms with Crippen LogP contribution in [0, 0.1) is 17.0 Å². The van der Waals surface area contributed by atoms with Gasteiger partial charge in [0.05, 0.1) is 16.1 Å². The lowest BCUT2D eigenvalue weighted by Gasteiger charge is -2.01. The van der Waals surface area contributed by atoms with Gasteiger partial charge in [-0.3, -0.25) is 10.1 Å². The zero-order chi connectivity index (χ0) is 17.4. The van der Waals surface area contributed by atoms with E-state index in [4.69, 9.17) is 0 Å². The molecule has 0 spiro atoms. The highest BCUT2D eigenvalue weighted by molar-refractivity contribution is 9.10. The molecule has 0 radical (unpaired) electrons. The van der Waals surface area contributed by atoms with Crippen LogP contribution in [0.2, 0.25) is 0 Å². The number of hydrogen-bond donors (Lipinski definition) is 1. The van der Waals surface area contributed by atoms with Crippen molar-refractivity contribution in [2.75, 3.05) is 0 Å². The van der Waals surface area contributed by atoms with Gasteiger partial charge in [-0.25, -0.2) is 0 Å². The Hall–Kier alpha value is -2.74. The van der Waals surface area contributed by atoms with Gasteiger partial charge < -0.3 is 9.67 Å². The van der Waals surface area contributed by atoms with Gasteiger partial charge in [-0.2, -0.15) is 5.11 Å². The fraction of sp³-hybridized carbons (Fsp3) is 0.125. The Morgan fingerprint density at radius 2 is 1.88 bits per heavy atom. The summed E-state index contributed by atoms with van der Waals surface area (Å²) in [7, 11) is 1.75. The van der Waals surface area contributed by atoms with Crippen LogP contribution in [-0.2, 0) is 7.05 Å². The molecule has 8 heteroatoms. The van der Waals surface area contributed by atoms with Crippen LogP contribution in [0.1, 0.15) is 5.56 Å². The van der Waals surface area contributed by atoms with Crippen LogP contribution in [0.5, 0.6) is 5.88 Å². The van der Waals surface area contributed by atoms with Crippen molar-refractivity contribution in [3.05, 3.63) is 56.5 Å². The monoisotopic (exact) mass is 388 g/mol. The molecule has 0 saturated carbocycles. The van der Waals surface area contributed by atoms with E-state index in [0.717, 1.165) is 20.9 Å². The summed E-state index contributed by atoms with van der Waals surface area (Å²) in [5.41, 5.74) is 2.67. The fourth-order valence-electron chi connectivity index (χ4n) is 2.59. The normalized spacial score (nSPS) is 11.5. The molecule has 0 unspecified atom stereocenters. The van der Waals surface area contributed by atoms with Crippen molar-refractivity contribution >= 4 is 43.9 Å². The molecule has 0 bridgehead atoms. The highest BCUT2D eigenvalue weighted by Crippen LogP contribution is 2.41. The maximum absolute atomic E-state index is 10.7. The number of non-ortho nitro benzene ring substituents is 1. The molecule has 1 heterocycles. The first kappa shape index (κ1) is 16.1. The number of aromatic hydroxyl groups is 1. The van der Waals surface area contributed by atoms with Crippen molar-refractivity contribution in [3.63, 3.8) is 0 Å². The summed E-state index contributed by atoms with van der Waals surface area (Å²) < 4.78 is 2.53. The van der Waals surface area contributed by atoms with Crippen molar-refractivity contribution in [3.8, 4) is 5.88 Å². The minimum Gasteiger partial charge on any atom is -0.493 e. The lowest BCUT2D eigenvalue weighted by atomic mass is 10.1. The first-order valence-corrected chi connectivity index (χ1v) is 7.81. The van der Waals surface area contributed by atoms with Crippen molar-refractivity contribution in [1.29, 1.82) is 0 Å². The number of azo groups is 1. The van der Waals surface area contributed by atoms with Gasteiger partial charge in [-0.15, -0.1) is 5.11 Å². The van der Waals surface area contributed by atoms with Gasteiger partial charge in [-0.05, 0) is 36.8 Å². The van der Waals surface area contributed by atoms with E-state index in [1.807, 2.05) is 19.1 Å². The molecule has 0 saturated heterocycles. The Bertz CT molecular complexity index is 977. The second-order valence-electron chi connectivity index (χ2n) is 5.32. The highest BCUT2D eigenvalue weighted by Gasteiger charge is 2.16. The zero-order valence-electron chi connectivity index (χ0n) is 12.9. The lowest BCUT2D eigenvalue weighted by molar-refractivity contribution is -0.384. The first-order valence-electron chi connectivity index (χ1n) is 7.02. The maximum Gasteiger partial charge on any atom is 0.269 e. The average molecular weight is 389 g/mol. The Morgan fingerprint density at radius 3 is 2.50 bits per heavy atom. The molecule has 122 valence electrons. The molecule has 0 fully saturated rings. The SMILES string of the molecule is Cc1cc(Br)cc2c(N=Nc3ccc([N+](=O)[O-])cc3)c(O)n(C)c12. The number of nitro benzene ring substituents is 1. The largest absolute Gasteiger partial charge is 0.493 e. The number of nitrogens with zero attached hydrogens (tertiary/aromatic N) is 4. The molecular weight excluding hydrogens is 376 g/mol. The second-order valence-corrected chi connectivity index (χ2v) is 6.24. The van der Waals surface area contributed by atoms with Crippen molar-refractivity contribution < 1.29 is 10.0 Å². The van der Waals surface area contributed by atoms with Crippen LogP contribution in [0.25, 0.3) is 10.9 Å². The quantitative estimate of drug-likeness (QED) is 0.375. The molecule has 0 aliphatic heterocycles. The summed E-state index contributed by atoms with van der Waals surface area (Å²) in [6.45, 7) is 1.95. The van der Waals surface area contributed by atoms with E-state index in [-0.39, 0.29) is 11.6 Å². The summed E-state index contributed by atoms with van der Waals surface area (Å²) in [5, 5.41) is 30.0. The molecule has 2 aromatic carbocycles. The van der Waals surface area contributed by atoms with Crippen LogP contribution in [0.15, 0.2) is 51.1 Å². The predicted octanol–water partition coefficient (Wildman–Crippen LogP) is 5.28. The maximum atomic E-state index is 10.7. The number of hydrogen-bond acceptors (Lipinski definition) is 5. The molecule has 24 heavy (non-hydrogen) atoms. The number of fused-ring (bicyclic) bond motifs is 1. The molecule has 0 aliphatic carbocycles. The van der Waals surface area contributed by atoms with E-state index in [2.05, 4.69) is 26.2 Å². The van der Waals surface area contributed by atoms with E-state index in [1.54, 1.807) is 11.6 Å². The Kier molecular flexibility index (Phi) is 4.06. The summed E-state index contributed by atoms with van der Waals surface area (Å²) in [4.78, 5) is 10.2. The van der Waals surface area contributed by atoms with Crippen LogP contribution in [-0.4, -0.2) is 14.6 Å². The van der Waals surface area contributed by atoms with Gasteiger partial charge in [0.2, 0.25) is 5.88 Å². The molecule has 0 aliphatic rings. The molecular formula is C16H13BrN4O3. The average Bonchev–Trinajstić information content (AvgIpc) is 2.77. The van der Waals surface area contributed by atoms with Crippen LogP contribution in [0.3, 0.4) is 0 Å². The Morgan fingerprint density at radius 1 is 1.21 bits per heavy atom. The van der Waals surface area contributed by atoms with E-state index < -0.39 is 4.92 Å². The highest BCUT2D eigenvalue weighted by atomic mass is 79.9. The van der Waals surface area contributed by atoms with Crippen molar-refractivity contribution in [2.24, 2.45) is 17.3 Å². The van der Waals surface area contributed by atoms with Gasteiger partial charge in [-0.1, -0.05) is 15.9 Å². The first-order chi connectivity index (χ1) is 11.4. The van der Waals surface area contributed by atoms with Gasteiger partial charge in [0, 0.05) is 29.0 Å². The van der Waals surface area contributed by atoms with Crippen molar-refractivity contribution in [2.45, 2.75) is 6.92 Å². The second kappa shape index (κ2) is 6.04. The summed E-state index contributed by atoms with van der Waals surface area (Å²) in [6, 6.07) is 9.55. The predicted molar refractivity (Wildman–Crippen MR) is 94.3 cm³/mol. The number of aromatic nitrogens is 1. The Labute approximate surface area is 145 Å². The standard InChI is InChI=1S/C16H13BrN4O3/c1-9-7-10(17)8-13-14(16(22)20(2)15(9)13)19-18-11-3-5-12(6-4-11)21(23)24/h3-8,22H,1-2H3. The molecule has 0 amide bonds. The van der Waals surface area contributed by atoms with Crippen LogP contribution in [0.4, 0.5) is 17.1 Å². The Balaban J connectivity index is 2.06. The topological polar surface area (TPSA) is 93.0 Å². The van der Waals surface area contributed by atoms with Crippen LogP contribution >= 0.6 is 15.9 Å². The minimum absolute atomic E-state index is 0.0110. The molecule has 1 aromatic heterocycles. The summed E-state index contributed by atoms with van der Waals surface area (Å²) in [6.07, 6.45) is 0. The molecule has 3 rings (SSSR count).